The minimum absolute atomic E-state index is 0.722. The summed E-state index contributed by atoms with van der Waals surface area (Å²) >= 11 is 0. The molecule has 2 aliphatic rings. The van der Waals surface area contributed by atoms with Gasteiger partial charge in [0.05, 0.1) is 0 Å². The number of hydrogen-bond donors (Lipinski definition) is 0. The predicted octanol–water partition coefficient (Wildman–Crippen LogP) is 3.72. The number of hydrogen-bond acceptors (Lipinski definition) is 2. The summed E-state index contributed by atoms with van der Waals surface area (Å²) in [7, 11) is 0. The monoisotopic (exact) mass is 280 g/mol. The summed E-state index contributed by atoms with van der Waals surface area (Å²) in [6.45, 7) is 18.6. The second kappa shape index (κ2) is 7.26. The van der Waals surface area contributed by atoms with Crippen LogP contribution in [0, 0.1) is 23.7 Å². The van der Waals surface area contributed by atoms with E-state index in [0.29, 0.717) is 0 Å². The number of likely N-dealkylation sites (tertiary alicyclic amines) is 2. The van der Waals surface area contributed by atoms with Crippen LogP contribution in [0.15, 0.2) is 0 Å². The van der Waals surface area contributed by atoms with E-state index in [9.17, 15) is 0 Å². The lowest BCUT2D eigenvalue weighted by Crippen LogP contribution is -2.47. The summed E-state index contributed by atoms with van der Waals surface area (Å²) in [6.07, 6.45) is 4.26. The van der Waals surface area contributed by atoms with Crippen LogP contribution in [0.25, 0.3) is 0 Å². The standard InChI is InChI=1S/C18H36N2/c1-14(2)17-6-9-19(10-7-17)13-18-8-11-20(15(3)4)12-16(18)5/h14-18H,6-13H2,1-5H3. The van der Waals surface area contributed by atoms with Crippen LogP contribution in [0.1, 0.15) is 53.9 Å². The molecule has 20 heavy (non-hydrogen) atoms. The molecular formula is C18H36N2. The van der Waals surface area contributed by atoms with Gasteiger partial charge in [-0.1, -0.05) is 20.8 Å². The Kier molecular flexibility index (Phi) is 5.92. The molecule has 0 aromatic rings. The van der Waals surface area contributed by atoms with E-state index in [2.05, 4.69) is 44.4 Å². The molecule has 0 N–H and O–H groups in total. The number of nitrogens with zero attached hydrogens (tertiary/aromatic N) is 2. The Morgan fingerprint density at radius 3 is 2.10 bits per heavy atom. The zero-order chi connectivity index (χ0) is 14.7. The van der Waals surface area contributed by atoms with Gasteiger partial charge in [-0.2, -0.15) is 0 Å². The molecule has 2 fully saturated rings. The fourth-order valence-corrected chi connectivity index (χ4v) is 4.10. The van der Waals surface area contributed by atoms with Crippen LogP contribution in [0.5, 0.6) is 0 Å². The van der Waals surface area contributed by atoms with E-state index in [0.717, 1.165) is 29.7 Å². The molecule has 2 rings (SSSR count). The Bertz CT molecular complexity index is 279. The molecular weight excluding hydrogens is 244 g/mol. The van der Waals surface area contributed by atoms with E-state index < -0.39 is 0 Å². The third-order valence-corrected chi connectivity index (χ3v) is 5.91. The highest BCUT2D eigenvalue weighted by Gasteiger charge is 2.30. The van der Waals surface area contributed by atoms with Crippen molar-refractivity contribution in [2.75, 3.05) is 32.7 Å². The van der Waals surface area contributed by atoms with Crippen molar-refractivity contribution in [3.8, 4) is 0 Å². The highest BCUT2D eigenvalue weighted by atomic mass is 15.2. The maximum absolute atomic E-state index is 2.76. The quantitative estimate of drug-likeness (QED) is 0.774. The molecule has 0 aromatic heterocycles. The highest BCUT2D eigenvalue weighted by Crippen LogP contribution is 2.29. The largest absolute Gasteiger partial charge is 0.303 e. The molecule has 2 atom stereocenters. The lowest BCUT2D eigenvalue weighted by atomic mass is 9.83. The van der Waals surface area contributed by atoms with Crippen LogP contribution < -0.4 is 0 Å². The maximum atomic E-state index is 2.76. The zero-order valence-electron chi connectivity index (χ0n) is 14.4. The summed E-state index contributed by atoms with van der Waals surface area (Å²) in [4.78, 5) is 5.41. The summed E-state index contributed by atoms with van der Waals surface area (Å²) < 4.78 is 0. The summed E-state index contributed by atoms with van der Waals surface area (Å²) in [5, 5.41) is 0. The van der Waals surface area contributed by atoms with Crippen LogP contribution >= 0.6 is 0 Å². The Morgan fingerprint density at radius 1 is 0.950 bits per heavy atom. The fraction of sp³-hybridized carbons (Fsp3) is 1.00. The van der Waals surface area contributed by atoms with Crippen LogP contribution in [0.3, 0.4) is 0 Å². The van der Waals surface area contributed by atoms with Gasteiger partial charge in [-0.05, 0) is 76.4 Å². The van der Waals surface area contributed by atoms with Gasteiger partial charge in [0.25, 0.3) is 0 Å². The van der Waals surface area contributed by atoms with Crippen LogP contribution in [0.4, 0.5) is 0 Å². The molecule has 0 spiro atoms. The first-order valence-electron chi connectivity index (χ1n) is 8.93. The lowest BCUT2D eigenvalue weighted by Gasteiger charge is -2.42. The molecule has 0 saturated carbocycles. The average Bonchev–Trinajstić information content (AvgIpc) is 2.41. The maximum Gasteiger partial charge on any atom is 0.00387 e. The van der Waals surface area contributed by atoms with Crippen molar-refractivity contribution in [1.82, 2.24) is 9.80 Å². The number of rotatable bonds is 4. The topological polar surface area (TPSA) is 6.48 Å². The normalized spacial score (nSPS) is 31.4. The van der Waals surface area contributed by atoms with Gasteiger partial charge in [0.2, 0.25) is 0 Å². The van der Waals surface area contributed by atoms with E-state index in [1.807, 2.05) is 0 Å². The van der Waals surface area contributed by atoms with Crippen molar-refractivity contribution in [2.45, 2.75) is 59.9 Å². The molecule has 0 radical (unpaired) electrons. The van der Waals surface area contributed by atoms with Crippen molar-refractivity contribution >= 4 is 0 Å². The first-order valence-corrected chi connectivity index (χ1v) is 8.93. The second-order valence-corrected chi connectivity index (χ2v) is 8.00. The van der Waals surface area contributed by atoms with Gasteiger partial charge in [0.15, 0.2) is 0 Å². The molecule has 2 saturated heterocycles. The lowest BCUT2D eigenvalue weighted by molar-refractivity contribution is 0.0632. The molecule has 0 amide bonds. The highest BCUT2D eigenvalue weighted by molar-refractivity contribution is 4.83. The summed E-state index contributed by atoms with van der Waals surface area (Å²) in [6, 6.07) is 0.722. The molecule has 2 aliphatic heterocycles. The molecule has 0 aromatic carbocycles. The van der Waals surface area contributed by atoms with Gasteiger partial charge in [0.1, 0.15) is 0 Å². The van der Waals surface area contributed by atoms with Gasteiger partial charge < -0.3 is 9.80 Å². The van der Waals surface area contributed by atoms with Gasteiger partial charge in [-0.25, -0.2) is 0 Å². The van der Waals surface area contributed by atoms with Crippen LogP contribution in [-0.2, 0) is 0 Å². The van der Waals surface area contributed by atoms with Crippen LogP contribution in [0.2, 0.25) is 0 Å². The van der Waals surface area contributed by atoms with E-state index >= 15 is 0 Å². The first kappa shape index (κ1) is 16.3. The van der Waals surface area contributed by atoms with Gasteiger partial charge in [-0.3, -0.25) is 0 Å². The van der Waals surface area contributed by atoms with Crippen molar-refractivity contribution in [3.63, 3.8) is 0 Å². The third kappa shape index (κ3) is 4.21. The zero-order valence-corrected chi connectivity index (χ0v) is 14.4. The Hall–Kier alpha value is -0.0800. The summed E-state index contributed by atoms with van der Waals surface area (Å²) in [5.74, 6) is 3.66. The Balaban J connectivity index is 1.75. The van der Waals surface area contributed by atoms with Gasteiger partial charge in [-0.15, -0.1) is 0 Å². The van der Waals surface area contributed by atoms with Crippen molar-refractivity contribution < 1.29 is 0 Å². The molecule has 0 aliphatic carbocycles. The van der Waals surface area contributed by atoms with Gasteiger partial charge in [0, 0.05) is 19.1 Å². The molecule has 2 nitrogen and oxygen atoms in total. The third-order valence-electron chi connectivity index (χ3n) is 5.91. The van der Waals surface area contributed by atoms with Crippen LogP contribution in [-0.4, -0.2) is 48.6 Å². The van der Waals surface area contributed by atoms with E-state index in [-0.39, 0.29) is 0 Å². The molecule has 118 valence electrons. The first-order chi connectivity index (χ1) is 9.47. The SMILES string of the molecule is CC(C)C1CCN(CC2CCN(C(C)C)CC2C)CC1. The minimum atomic E-state index is 0.722. The second-order valence-electron chi connectivity index (χ2n) is 8.00. The predicted molar refractivity (Wildman–Crippen MR) is 88.0 cm³/mol. The van der Waals surface area contributed by atoms with Crippen molar-refractivity contribution in [3.05, 3.63) is 0 Å². The summed E-state index contributed by atoms with van der Waals surface area (Å²) in [5.41, 5.74) is 0. The Labute approximate surface area is 126 Å². The molecule has 2 heteroatoms. The molecule has 0 bridgehead atoms. The molecule has 2 heterocycles. The van der Waals surface area contributed by atoms with E-state index in [1.54, 1.807) is 0 Å². The Morgan fingerprint density at radius 2 is 1.60 bits per heavy atom. The fourth-order valence-electron chi connectivity index (χ4n) is 4.10. The van der Waals surface area contributed by atoms with Gasteiger partial charge >= 0.3 is 0 Å². The molecule has 2 unspecified atom stereocenters. The van der Waals surface area contributed by atoms with Crippen molar-refractivity contribution in [1.29, 1.82) is 0 Å². The average molecular weight is 281 g/mol. The van der Waals surface area contributed by atoms with E-state index in [1.165, 1.54) is 52.0 Å². The van der Waals surface area contributed by atoms with Crippen molar-refractivity contribution in [2.24, 2.45) is 23.7 Å². The number of piperidine rings is 2. The minimum Gasteiger partial charge on any atom is -0.303 e. The smallest absolute Gasteiger partial charge is 0.00387 e. The van der Waals surface area contributed by atoms with E-state index in [4.69, 9.17) is 0 Å².